The Bertz CT molecular complexity index is 314. The van der Waals surface area contributed by atoms with E-state index in [4.69, 9.17) is 0 Å². The first kappa shape index (κ1) is 8.82. The second kappa shape index (κ2) is 3.93. The van der Waals surface area contributed by atoms with Crippen LogP contribution >= 0.6 is 8.46 Å². The Morgan fingerprint density at radius 3 is 2.33 bits per heavy atom. The van der Waals surface area contributed by atoms with Crippen molar-refractivity contribution >= 4 is 20.1 Å². The number of hydrogen-bond donors (Lipinski definition) is 0. The van der Waals surface area contributed by atoms with Crippen molar-refractivity contribution in [3.63, 3.8) is 0 Å². The number of carbonyl (C=O) groups is 1. The summed E-state index contributed by atoms with van der Waals surface area (Å²) < 4.78 is 10.2. The summed E-state index contributed by atoms with van der Waals surface area (Å²) in [5, 5.41) is 0. The molecule has 0 bridgehead atoms. The molecule has 0 N–H and O–H groups in total. The molecule has 0 atom stereocenters. The van der Waals surface area contributed by atoms with Gasteiger partial charge in [-0.2, -0.15) is 0 Å². The third kappa shape index (κ3) is 1.86. The van der Waals surface area contributed by atoms with Crippen LogP contribution in [0.2, 0.25) is 0 Å². The highest BCUT2D eigenvalue weighted by Crippen LogP contribution is 2.11. The third-order valence-corrected chi connectivity index (χ3v) is 1.90. The Labute approximate surface area is 72.1 Å². The van der Waals surface area contributed by atoms with Gasteiger partial charge < -0.3 is 0 Å². The number of rotatable bonds is 3. The second-order valence-corrected chi connectivity index (χ2v) is 2.81. The minimum Gasteiger partial charge on any atom is -0.280 e. The molecule has 3 heteroatoms. The van der Waals surface area contributed by atoms with Gasteiger partial charge in [-0.25, -0.2) is 0 Å². The monoisotopic (exact) mass is 178 g/mol. The second-order valence-electron chi connectivity index (χ2n) is 2.22. The van der Waals surface area contributed by atoms with E-state index in [1.807, 2.05) is 0 Å². The van der Waals surface area contributed by atoms with E-state index in [-0.39, 0.29) is 0 Å². The minimum absolute atomic E-state index is 0.398. The van der Waals surface area contributed by atoms with Crippen LogP contribution in [0.4, 0.5) is 0 Å². The quantitative estimate of drug-likeness (QED) is 0.667. The maximum absolute atomic E-state index is 10.9. The van der Waals surface area contributed by atoms with Crippen molar-refractivity contribution in [2.45, 2.75) is 0 Å². The molecule has 0 fully saturated rings. The van der Waals surface area contributed by atoms with E-state index in [2.05, 4.69) is 6.58 Å². The van der Waals surface area contributed by atoms with Crippen molar-refractivity contribution < 1.29 is 9.36 Å². The largest absolute Gasteiger partial charge is 0.280 e. The normalized spacial score (nSPS) is 9.67. The van der Waals surface area contributed by atoms with Crippen molar-refractivity contribution in [3.05, 3.63) is 42.0 Å². The van der Waals surface area contributed by atoms with Crippen LogP contribution in [-0.2, 0) is 4.57 Å². The van der Waals surface area contributed by atoms with Crippen LogP contribution in [0, 0.1) is 0 Å². The average Bonchev–Trinajstić information content (AvgIpc) is 2.17. The van der Waals surface area contributed by atoms with Gasteiger partial charge in [-0.05, 0) is 17.7 Å². The van der Waals surface area contributed by atoms with Gasteiger partial charge in [-0.1, -0.05) is 24.8 Å². The summed E-state index contributed by atoms with van der Waals surface area (Å²) in [5.41, 5.74) is 0.997. The van der Waals surface area contributed by atoms with Crippen molar-refractivity contribution in [1.82, 2.24) is 0 Å². The predicted octanol–water partition coefficient (Wildman–Crippen LogP) is 2.76. The summed E-state index contributed by atoms with van der Waals surface area (Å²) in [5.74, 6) is 0. The number of carbonyl (C=O) groups excluding carboxylic acids is 1. The van der Waals surface area contributed by atoms with E-state index in [1.165, 1.54) is 0 Å². The summed E-state index contributed by atoms with van der Waals surface area (Å²) in [4.78, 5) is 10.9. The summed E-state index contributed by atoms with van der Waals surface area (Å²) in [6.07, 6.45) is 1.68. The standard InChI is InChI=1S/C9H7O2P/c1-2-7-3-5-8(6-4-7)9(10)12-11/h2-6H,1H2. The van der Waals surface area contributed by atoms with Gasteiger partial charge in [0.15, 0.2) is 0 Å². The molecule has 60 valence electrons. The van der Waals surface area contributed by atoms with Crippen LogP contribution in [0.5, 0.6) is 0 Å². The molecule has 12 heavy (non-hydrogen) atoms. The molecule has 1 aromatic rings. The molecule has 0 aliphatic heterocycles. The molecule has 0 aliphatic carbocycles. The topological polar surface area (TPSA) is 34.1 Å². The predicted molar refractivity (Wildman–Crippen MR) is 48.5 cm³/mol. The minimum atomic E-state index is -0.466. The van der Waals surface area contributed by atoms with Crippen LogP contribution in [0.1, 0.15) is 15.9 Å². The summed E-state index contributed by atoms with van der Waals surface area (Å²) in [6.45, 7) is 3.58. The highest BCUT2D eigenvalue weighted by molar-refractivity contribution is 7.47. The van der Waals surface area contributed by atoms with Crippen molar-refractivity contribution in [2.24, 2.45) is 0 Å². The Balaban J connectivity index is 2.99. The van der Waals surface area contributed by atoms with E-state index in [0.717, 1.165) is 5.56 Å². The fourth-order valence-electron chi connectivity index (χ4n) is 0.814. The van der Waals surface area contributed by atoms with Crippen LogP contribution < -0.4 is 0 Å². The van der Waals surface area contributed by atoms with E-state index in [1.54, 1.807) is 30.3 Å². The molecule has 0 spiro atoms. The zero-order valence-corrected chi connectivity index (χ0v) is 7.25. The van der Waals surface area contributed by atoms with Crippen LogP contribution in [0.3, 0.4) is 0 Å². The molecule has 0 aromatic heterocycles. The first-order valence-corrected chi connectivity index (χ1v) is 4.19. The molecular formula is C9H7O2P. The smallest absolute Gasteiger partial charge is 0.253 e. The molecule has 0 saturated heterocycles. The number of benzene rings is 1. The van der Waals surface area contributed by atoms with Crippen LogP contribution in [-0.4, -0.2) is 5.52 Å². The molecule has 0 amide bonds. The zero-order chi connectivity index (χ0) is 8.97. The van der Waals surface area contributed by atoms with Gasteiger partial charge in [0.25, 0.3) is 5.52 Å². The fourth-order valence-corrected chi connectivity index (χ4v) is 1.07. The van der Waals surface area contributed by atoms with E-state index < -0.39 is 14.0 Å². The third-order valence-electron chi connectivity index (χ3n) is 1.48. The van der Waals surface area contributed by atoms with Crippen molar-refractivity contribution in [3.8, 4) is 0 Å². The van der Waals surface area contributed by atoms with Gasteiger partial charge >= 0.3 is 0 Å². The molecule has 0 unspecified atom stereocenters. The van der Waals surface area contributed by atoms with Crippen molar-refractivity contribution in [2.75, 3.05) is 0 Å². The average molecular weight is 178 g/mol. The summed E-state index contributed by atoms with van der Waals surface area (Å²) in [7, 11) is -0.466. The van der Waals surface area contributed by atoms with Gasteiger partial charge in [-0.3, -0.25) is 9.36 Å². The Morgan fingerprint density at radius 1 is 1.33 bits per heavy atom. The maximum Gasteiger partial charge on any atom is 0.253 e. The van der Waals surface area contributed by atoms with Gasteiger partial charge in [0, 0.05) is 5.56 Å². The van der Waals surface area contributed by atoms with Crippen LogP contribution in [0.25, 0.3) is 6.08 Å². The van der Waals surface area contributed by atoms with E-state index in [0.29, 0.717) is 5.56 Å². The van der Waals surface area contributed by atoms with Crippen molar-refractivity contribution in [1.29, 1.82) is 0 Å². The SMILES string of the molecule is C=Cc1ccc(C(=O)P=O)cc1. The maximum atomic E-state index is 10.9. The Hall–Kier alpha value is -1.27. The highest BCUT2D eigenvalue weighted by Gasteiger charge is 2.02. The lowest BCUT2D eigenvalue weighted by Crippen LogP contribution is -1.87. The first-order chi connectivity index (χ1) is 5.77. The molecule has 1 aromatic carbocycles. The molecular weight excluding hydrogens is 171 g/mol. The van der Waals surface area contributed by atoms with Gasteiger partial charge in [-0.15, -0.1) is 0 Å². The molecule has 2 nitrogen and oxygen atoms in total. The fraction of sp³-hybridized carbons (Fsp3) is 0. The lowest BCUT2D eigenvalue weighted by molar-refractivity contribution is 0.108. The van der Waals surface area contributed by atoms with E-state index >= 15 is 0 Å². The molecule has 0 heterocycles. The Kier molecular flexibility index (Phi) is 2.89. The van der Waals surface area contributed by atoms with Gasteiger partial charge in [0.2, 0.25) is 8.46 Å². The molecule has 0 aliphatic rings. The van der Waals surface area contributed by atoms with Gasteiger partial charge in [0.1, 0.15) is 0 Å². The lowest BCUT2D eigenvalue weighted by atomic mass is 10.1. The molecule has 1 rings (SSSR count). The zero-order valence-electron chi connectivity index (χ0n) is 6.36. The van der Waals surface area contributed by atoms with Crippen LogP contribution in [0.15, 0.2) is 30.8 Å². The van der Waals surface area contributed by atoms with Gasteiger partial charge in [0.05, 0.1) is 0 Å². The molecule has 0 radical (unpaired) electrons. The molecule has 0 saturated carbocycles. The summed E-state index contributed by atoms with van der Waals surface area (Å²) >= 11 is 0. The lowest BCUT2D eigenvalue weighted by Gasteiger charge is -1.93. The Morgan fingerprint density at radius 2 is 1.92 bits per heavy atom. The highest BCUT2D eigenvalue weighted by atomic mass is 31.1. The summed E-state index contributed by atoms with van der Waals surface area (Å²) in [6, 6.07) is 6.77. The first-order valence-electron chi connectivity index (χ1n) is 3.38. The van der Waals surface area contributed by atoms with E-state index in [9.17, 15) is 9.36 Å². The number of hydrogen-bond acceptors (Lipinski definition) is 2.